The highest BCUT2D eigenvalue weighted by Gasteiger charge is 2.21. The highest BCUT2D eigenvalue weighted by molar-refractivity contribution is 5.67. The molecule has 0 heterocycles. The van der Waals surface area contributed by atoms with Crippen LogP contribution in [0.2, 0.25) is 0 Å². The second-order valence-electron chi connectivity index (χ2n) is 5.40. The summed E-state index contributed by atoms with van der Waals surface area (Å²) in [6.07, 6.45) is -0.445. The van der Waals surface area contributed by atoms with E-state index in [-0.39, 0.29) is 12.0 Å². The van der Waals surface area contributed by atoms with Gasteiger partial charge in [0.1, 0.15) is 11.6 Å². The van der Waals surface area contributed by atoms with Crippen LogP contribution in [0.25, 0.3) is 0 Å². The van der Waals surface area contributed by atoms with Crippen LogP contribution < -0.4 is 5.32 Å². The van der Waals surface area contributed by atoms with E-state index in [0.717, 1.165) is 0 Å². The lowest BCUT2D eigenvalue weighted by Crippen LogP contribution is -2.41. The van der Waals surface area contributed by atoms with E-state index in [4.69, 9.17) is 10.00 Å². The van der Waals surface area contributed by atoms with Crippen LogP contribution in [0.5, 0.6) is 0 Å². The average Bonchev–Trinajstić information content (AvgIpc) is 2.12. The molecule has 0 saturated carbocycles. The molecule has 0 aromatic carbocycles. The number of nitrogens with one attached hydrogen (secondary N) is 1. The first-order valence-corrected chi connectivity index (χ1v) is 5.70. The van der Waals surface area contributed by atoms with Gasteiger partial charge in [-0.25, -0.2) is 4.79 Å². The SMILES string of the molecule is CC(CNC(=O)OC(C)(C)C)C(C#N)N(C)C. The quantitative estimate of drug-likeness (QED) is 0.812. The van der Waals surface area contributed by atoms with Crippen LogP contribution in [0, 0.1) is 17.2 Å². The Morgan fingerprint density at radius 1 is 1.47 bits per heavy atom. The van der Waals surface area contributed by atoms with Crippen molar-refractivity contribution in [1.82, 2.24) is 10.2 Å². The summed E-state index contributed by atoms with van der Waals surface area (Å²) < 4.78 is 5.12. The Balaban J connectivity index is 4.12. The van der Waals surface area contributed by atoms with E-state index in [0.29, 0.717) is 6.54 Å². The van der Waals surface area contributed by atoms with E-state index in [1.165, 1.54) is 0 Å². The van der Waals surface area contributed by atoms with E-state index in [9.17, 15) is 4.79 Å². The Labute approximate surface area is 104 Å². The molecule has 0 aliphatic heterocycles. The molecule has 0 bridgehead atoms. The van der Waals surface area contributed by atoms with Crippen molar-refractivity contribution in [2.75, 3.05) is 20.6 Å². The summed E-state index contributed by atoms with van der Waals surface area (Å²) >= 11 is 0. The smallest absolute Gasteiger partial charge is 0.407 e. The number of carbonyl (C=O) groups is 1. The third kappa shape index (κ3) is 6.80. The van der Waals surface area contributed by atoms with Gasteiger partial charge in [-0.15, -0.1) is 0 Å². The molecule has 0 fully saturated rings. The maximum absolute atomic E-state index is 11.4. The van der Waals surface area contributed by atoms with Gasteiger partial charge in [-0.3, -0.25) is 4.90 Å². The van der Waals surface area contributed by atoms with E-state index in [1.54, 1.807) is 0 Å². The van der Waals surface area contributed by atoms with Gasteiger partial charge in [0.05, 0.1) is 6.07 Å². The molecule has 0 rings (SSSR count). The van der Waals surface area contributed by atoms with Crippen molar-refractivity contribution in [3.63, 3.8) is 0 Å². The van der Waals surface area contributed by atoms with Gasteiger partial charge in [-0.05, 0) is 34.9 Å². The maximum atomic E-state index is 11.4. The van der Waals surface area contributed by atoms with Crippen LogP contribution in [0.15, 0.2) is 0 Å². The molecule has 0 saturated heterocycles. The van der Waals surface area contributed by atoms with Crippen LogP contribution in [0.3, 0.4) is 0 Å². The molecule has 0 radical (unpaired) electrons. The Morgan fingerprint density at radius 3 is 2.35 bits per heavy atom. The summed E-state index contributed by atoms with van der Waals surface area (Å²) in [6, 6.07) is 1.99. The molecule has 5 nitrogen and oxygen atoms in total. The fraction of sp³-hybridized carbons (Fsp3) is 0.833. The Hall–Kier alpha value is -1.28. The molecule has 5 heteroatoms. The number of hydrogen-bond acceptors (Lipinski definition) is 4. The minimum atomic E-state index is -0.497. The van der Waals surface area contributed by atoms with Gasteiger partial charge in [0.25, 0.3) is 0 Å². The summed E-state index contributed by atoms with van der Waals surface area (Å²) in [5, 5.41) is 11.7. The highest BCUT2D eigenvalue weighted by Crippen LogP contribution is 2.08. The molecule has 0 spiro atoms. The number of carbonyl (C=O) groups excluding carboxylic acids is 1. The van der Waals surface area contributed by atoms with Crippen molar-refractivity contribution in [2.24, 2.45) is 5.92 Å². The lowest BCUT2D eigenvalue weighted by atomic mass is 10.0. The predicted molar refractivity (Wildman–Crippen MR) is 66.5 cm³/mol. The lowest BCUT2D eigenvalue weighted by molar-refractivity contribution is 0.0515. The highest BCUT2D eigenvalue weighted by atomic mass is 16.6. The van der Waals surface area contributed by atoms with E-state index >= 15 is 0 Å². The Kier molecular flexibility index (Phi) is 5.97. The Morgan fingerprint density at radius 2 is 2.00 bits per heavy atom. The van der Waals surface area contributed by atoms with Gasteiger partial charge in [0.2, 0.25) is 0 Å². The third-order valence-electron chi connectivity index (χ3n) is 2.19. The number of alkyl carbamates (subject to hydrolysis) is 1. The average molecular weight is 241 g/mol. The number of nitriles is 1. The summed E-state index contributed by atoms with van der Waals surface area (Å²) in [6.45, 7) is 7.78. The third-order valence-corrected chi connectivity index (χ3v) is 2.19. The van der Waals surface area contributed by atoms with E-state index < -0.39 is 11.7 Å². The van der Waals surface area contributed by atoms with Gasteiger partial charge in [0.15, 0.2) is 0 Å². The molecule has 98 valence electrons. The van der Waals surface area contributed by atoms with Crippen molar-refractivity contribution >= 4 is 6.09 Å². The van der Waals surface area contributed by atoms with Crippen molar-refractivity contribution < 1.29 is 9.53 Å². The number of amides is 1. The summed E-state index contributed by atoms with van der Waals surface area (Å²) in [5.41, 5.74) is -0.497. The second-order valence-corrected chi connectivity index (χ2v) is 5.40. The zero-order valence-electron chi connectivity index (χ0n) is 11.6. The van der Waals surface area contributed by atoms with Crippen LogP contribution in [-0.4, -0.2) is 43.3 Å². The van der Waals surface area contributed by atoms with Crippen molar-refractivity contribution in [2.45, 2.75) is 39.3 Å². The molecule has 1 N–H and O–H groups in total. The molecule has 1 amide bonds. The topological polar surface area (TPSA) is 65.4 Å². The molecule has 0 aliphatic rings. The largest absolute Gasteiger partial charge is 0.444 e. The first-order valence-electron chi connectivity index (χ1n) is 5.70. The van der Waals surface area contributed by atoms with Gasteiger partial charge in [-0.2, -0.15) is 5.26 Å². The summed E-state index contributed by atoms with van der Waals surface area (Å²) in [5.74, 6) is 0.0440. The number of ether oxygens (including phenoxy) is 1. The normalized spacial score (nSPS) is 14.9. The van der Waals surface area contributed by atoms with Crippen molar-refractivity contribution in [3.8, 4) is 6.07 Å². The Bertz CT molecular complexity index is 289. The maximum Gasteiger partial charge on any atom is 0.407 e. The standard InChI is InChI=1S/C12H23N3O2/c1-9(10(7-13)15(5)6)8-14-11(16)17-12(2,3)4/h9-10H,8H2,1-6H3,(H,14,16). The van der Waals surface area contributed by atoms with Crippen LogP contribution in [0.1, 0.15) is 27.7 Å². The minimum Gasteiger partial charge on any atom is -0.444 e. The zero-order valence-corrected chi connectivity index (χ0v) is 11.6. The van der Waals surface area contributed by atoms with Crippen LogP contribution >= 0.6 is 0 Å². The summed E-state index contributed by atoms with van der Waals surface area (Å²) in [4.78, 5) is 13.2. The van der Waals surface area contributed by atoms with Gasteiger partial charge in [0, 0.05) is 12.5 Å². The molecule has 2 atom stereocenters. The monoisotopic (exact) mass is 241 g/mol. The zero-order chi connectivity index (χ0) is 13.6. The molecule has 2 unspecified atom stereocenters. The summed E-state index contributed by atoms with van der Waals surface area (Å²) in [7, 11) is 3.69. The van der Waals surface area contributed by atoms with Gasteiger partial charge >= 0.3 is 6.09 Å². The molecule has 17 heavy (non-hydrogen) atoms. The first kappa shape index (κ1) is 15.7. The molecule has 0 aromatic heterocycles. The number of rotatable bonds is 4. The van der Waals surface area contributed by atoms with Gasteiger partial charge < -0.3 is 10.1 Å². The van der Waals surface area contributed by atoms with E-state index in [2.05, 4.69) is 11.4 Å². The minimum absolute atomic E-state index is 0.0440. The van der Waals surface area contributed by atoms with Gasteiger partial charge in [-0.1, -0.05) is 6.92 Å². The molecular weight excluding hydrogens is 218 g/mol. The molecule has 0 aromatic rings. The molecular formula is C12H23N3O2. The van der Waals surface area contributed by atoms with Crippen molar-refractivity contribution in [3.05, 3.63) is 0 Å². The van der Waals surface area contributed by atoms with Crippen LogP contribution in [-0.2, 0) is 4.74 Å². The molecule has 0 aliphatic carbocycles. The first-order chi connectivity index (χ1) is 7.67. The fourth-order valence-corrected chi connectivity index (χ4v) is 1.42. The number of hydrogen-bond donors (Lipinski definition) is 1. The lowest BCUT2D eigenvalue weighted by Gasteiger charge is -2.25. The predicted octanol–water partition coefficient (Wildman–Crippen LogP) is 1.60. The number of nitrogens with zero attached hydrogens (tertiary/aromatic N) is 2. The van der Waals surface area contributed by atoms with E-state index in [1.807, 2.05) is 46.7 Å². The second kappa shape index (κ2) is 6.45. The van der Waals surface area contributed by atoms with Crippen LogP contribution in [0.4, 0.5) is 4.79 Å². The van der Waals surface area contributed by atoms with Crippen molar-refractivity contribution in [1.29, 1.82) is 5.26 Å². The fourth-order valence-electron chi connectivity index (χ4n) is 1.42.